The fourth-order valence-electron chi connectivity index (χ4n) is 3.36. The molecule has 1 saturated heterocycles. The highest BCUT2D eigenvalue weighted by Crippen LogP contribution is 2.22. The van der Waals surface area contributed by atoms with E-state index in [1.54, 1.807) is 12.2 Å². The summed E-state index contributed by atoms with van der Waals surface area (Å²) in [7, 11) is 0. The number of halogens is 1. The van der Waals surface area contributed by atoms with Crippen molar-refractivity contribution in [3.05, 3.63) is 52.6 Å². The third-order valence-corrected chi connectivity index (χ3v) is 5.28. The molecule has 1 aliphatic rings. The van der Waals surface area contributed by atoms with Crippen LogP contribution in [0.1, 0.15) is 30.7 Å². The molecule has 0 saturated carbocycles. The smallest absolute Gasteiger partial charge is 0.246 e. The molecule has 0 bridgehead atoms. The lowest BCUT2D eigenvalue weighted by Gasteiger charge is -2.34. The third-order valence-electron chi connectivity index (χ3n) is 4.88. The normalized spacial score (nSPS) is 15.7. The maximum Gasteiger partial charge on any atom is 0.246 e. The fraction of sp³-hybridized carbons (Fsp3) is 0.476. The minimum Gasteiger partial charge on any atom is -0.337 e. The Morgan fingerprint density at radius 2 is 1.89 bits per heavy atom. The van der Waals surface area contributed by atoms with E-state index in [-0.39, 0.29) is 5.91 Å². The van der Waals surface area contributed by atoms with Crippen LogP contribution in [0.25, 0.3) is 6.08 Å². The number of carbonyl (C=O) groups is 1. The Labute approximate surface area is 171 Å². The van der Waals surface area contributed by atoms with E-state index < -0.39 is 0 Å². The topological polar surface area (TPSA) is 54.3 Å². The number of piperazine rings is 1. The van der Waals surface area contributed by atoms with E-state index in [9.17, 15) is 4.79 Å². The maximum atomic E-state index is 12.6. The Bertz CT molecular complexity index is 823. The van der Waals surface area contributed by atoms with Crippen LogP contribution >= 0.6 is 11.6 Å². The quantitative estimate of drug-likeness (QED) is 0.697. The largest absolute Gasteiger partial charge is 0.337 e. The predicted octanol–water partition coefficient (Wildman–Crippen LogP) is 3.25. The van der Waals surface area contributed by atoms with Crippen molar-refractivity contribution in [2.45, 2.75) is 33.9 Å². The van der Waals surface area contributed by atoms with Gasteiger partial charge in [0.05, 0.1) is 5.69 Å². The molecular formula is C21H28ClN5O. The number of aromatic nitrogens is 3. The van der Waals surface area contributed by atoms with Gasteiger partial charge in [0.2, 0.25) is 5.91 Å². The van der Waals surface area contributed by atoms with Gasteiger partial charge in [-0.2, -0.15) is 5.10 Å². The SMILES string of the molecule is Cc1nn(CC(C)C)c(Cl)c1/C=C/C(=O)N1CCN(Cc2ccncc2)CC1. The summed E-state index contributed by atoms with van der Waals surface area (Å²) < 4.78 is 1.81. The molecule has 0 atom stereocenters. The Morgan fingerprint density at radius 1 is 1.21 bits per heavy atom. The van der Waals surface area contributed by atoms with E-state index in [4.69, 9.17) is 11.6 Å². The number of nitrogens with zero attached hydrogens (tertiary/aromatic N) is 5. The first-order chi connectivity index (χ1) is 13.4. The van der Waals surface area contributed by atoms with E-state index in [1.807, 2.05) is 41.0 Å². The van der Waals surface area contributed by atoms with Crippen LogP contribution in [0.3, 0.4) is 0 Å². The molecule has 0 N–H and O–H groups in total. The predicted molar refractivity (Wildman–Crippen MR) is 112 cm³/mol. The summed E-state index contributed by atoms with van der Waals surface area (Å²) in [5.74, 6) is 0.481. The lowest BCUT2D eigenvalue weighted by molar-refractivity contribution is -0.127. The number of pyridine rings is 1. The molecule has 1 fully saturated rings. The van der Waals surface area contributed by atoms with Crippen LogP contribution in [0.5, 0.6) is 0 Å². The Balaban J connectivity index is 1.55. The van der Waals surface area contributed by atoms with Crippen molar-refractivity contribution in [3.63, 3.8) is 0 Å². The van der Waals surface area contributed by atoms with Crippen LogP contribution in [0, 0.1) is 12.8 Å². The monoisotopic (exact) mass is 401 g/mol. The standard InChI is InChI=1S/C21H28ClN5O/c1-16(2)14-27-21(22)19(17(3)24-27)4-5-20(28)26-12-10-25(11-13-26)15-18-6-8-23-9-7-18/h4-9,16H,10-15H2,1-3H3/b5-4+. The molecule has 0 aromatic carbocycles. The van der Waals surface area contributed by atoms with Gasteiger partial charge in [-0.3, -0.25) is 19.4 Å². The van der Waals surface area contributed by atoms with Gasteiger partial charge in [-0.25, -0.2) is 0 Å². The summed E-state index contributed by atoms with van der Waals surface area (Å²) in [4.78, 5) is 20.9. The number of amides is 1. The number of rotatable bonds is 6. The molecule has 1 aliphatic heterocycles. The van der Waals surface area contributed by atoms with E-state index in [0.717, 1.165) is 50.5 Å². The van der Waals surface area contributed by atoms with E-state index >= 15 is 0 Å². The van der Waals surface area contributed by atoms with Gasteiger partial charge >= 0.3 is 0 Å². The molecule has 2 aromatic rings. The summed E-state index contributed by atoms with van der Waals surface area (Å²) in [6.45, 7) is 11.0. The van der Waals surface area contributed by atoms with Crippen LogP contribution in [0.15, 0.2) is 30.6 Å². The molecular weight excluding hydrogens is 374 g/mol. The minimum absolute atomic E-state index is 0.0237. The Hall–Kier alpha value is -2.18. The van der Waals surface area contributed by atoms with Crippen LogP contribution in [0.4, 0.5) is 0 Å². The highest BCUT2D eigenvalue weighted by atomic mass is 35.5. The molecule has 1 amide bonds. The minimum atomic E-state index is 0.0237. The van der Waals surface area contributed by atoms with E-state index in [0.29, 0.717) is 11.1 Å². The summed E-state index contributed by atoms with van der Waals surface area (Å²) in [5.41, 5.74) is 2.92. The third kappa shape index (κ3) is 5.20. The summed E-state index contributed by atoms with van der Waals surface area (Å²) in [6.07, 6.45) is 7.05. The number of hydrogen-bond acceptors (Lipinski definition) is 4. The molecule has 0 spiro atoms. The first-order valence-electron chi connectivity index (χ1n) is 9.75. The van der Waals surface area contributed by atoms with Crippen LogP contribution in [-0.4, -0.2) is 56.7 Å². The summed E-state index contributed by atoms with van der Waals surface area (Å²) in [6, 6.07) is 4.07. The van der Waals surface area contributed by atoms with Crippen LogP contribution in [-0.2, 0) is 17.9 Å². The first kappa shape index (κ1) is 20.6. The number of carbonyl (C=O) groups excluding carboxylic acids is 1. The van der Waals surface area contributed by atoms with E-state index in [1.165, 1.54) is 5.56 Å². The lowest BCUT2D eigenvalue weighted by atomic mass is 10.2. The van der Waals surface area contributed by atoms with Gasteiger partial charge in [-0.15, -0.1) is 0 Å². The van der Waals surface area contributed by atoms with Crippen molar-refractivity contribution < 1.29 is 4.79 Å². The molecule has 0 unspecified atom stereocenters. The van der Waals surface area contributed by atoms with E-state index in [2.05, 4.69) is 28.8 Å². The van der Waals surface area contributed by atoms with Gasteiger partial charge < -0.3 is 4.90 Å². The second-order valence-corrected chi connectivity index (χ2v) is 8.01. The molecule has 0 aliphatic carbocycles. The van der Waals surface area contributed by atoms with Crippen molar-refractivity contribution in [2.75, 3.05) is 26.2 Å². The van der Waals surface area contributed by atoms with Crippen molar-refractivity contribution >= 4 is 23.6 Å². The molecule has 3 rings (SSSR count). The molecule has 28 heavy (non-hydrogen) atoms. The summed E-state index contributed by atoms with van der Waals surface area (Å²) >= 11 is 6.45. The van der Waals surface area contributed by atoms with Gasteiger partial charge in [-0.05, 0) is 36.6 Å². The zero-order chi connectivity index (χ0) is 20.1. The van der Waals surface area contributed by atoms with Crippen molar-refractivity contribution in [1.29, 1.82) is 0 Å². The Morgan fingerprint density at radius 3 is 2.54 bits per heavy atom. The highest BCUT2D eigenvalue weighted by Gasteiger charge is 2.20. The highest BCUT2D eigenvalue weighted by molar-refractivity contribution is 6.31. The second kappa shape index (κ2) is 9.34. The van der Waals surface area contributed by atoms with Crippen molar-refractivity contribution in [1.82, 2.24) is 24.6 Å². The van der Waals surface area contributed by atoms with Crippen molar-refractivity contribution in [3.8, 4) is 0 Å². The van der Waals surface area contributed by atoms with Crippen LogP contribution in [0.2, 0.25) is 5.15 Å². The maximum absolute atomic E-state index is 12.6. The first-order valence-corrected chi connectivity index (χ1v) is 10.1. The van der Waals surface area contributed by atoms with Gasteiger partial charge in [0.1, 0.15) is 5.15 Å². The summed E-state index contributed by atoms with van der Waals surface area (Å²) in [5, 5.41) is 5.08. The average Bonchev–Trinajstić information content (AvgIpc) is 2.93. The molecule has 7 heteroatoms. The zero-order valence-electron chi connectivity index (χ0n) is 16.8. The molecule has 3 heterocycles. The lowest BCUT2D eigenvalue weighted by Crippen LogP contribution is -2.47. The molecule has 2 aromatic heterocycles. The molecule has 0 radical (unpaired) electrons. The van der Waals surface area contributed by atoms with Gasteiger partial charge in [-0.1, -0.05) is 25.4 Å². The second-order valence-electron chi connectivity index (χ2n) is 7.66. The van der Waals surface area contributed by atoms with Gasteiger partial charge in [0, 0.05) is 63.3 Å². The molecule has 150 valence electrons. The average molecular weight is 402 g/mol. The number of aryl methyl sites for hydroxylation is 1. The Kier molecular flexibility index (Phi) is 6.86. The number of hydrogen-bond donors (Lipinski definition) is 0. The van der Waals surface area contributed by atoms with Crippen LogP contribution < -0.4 is 0 Å². The van der Waals surface area contributed by atoms with Gasteiger partial charge in [0.15, 0.2) is 0 Å². The fourth-order valence-corrected chi connectivity index (χ4v) is 3.66. The van der Waals surface area contributed by atoms with Crippen molar-refractivity contribution in [2.24, 2.45) is 5.92 Å². The molecule has 6 nitrogen and oxygen atoms in total. The van der Waals surface area contributed by atoms with Gasteiger partial charge in [0.25, 0.3) is 0 Å². The zero-order valence-corrected chi connectivity index (χ0v) is 17.6.